The minimum Gasteiger partial charge on any atom is -0.463 e. The van der Waals surface area contributed by atoms with Gasteiger partial charge in [0.2, 0.25) is 2.14 Å². The minimum absolute atomic E-state index is 0.327. The lowest BCUT2D eigenvalue weighted by molar-refractivity contribution is -0.141. The van der Waals surface area contributed by atoms with Crippen molar-refractivity contribution in [1.29, 1.82) is 0 Å². The van der Waals surface area contributed by atoms with E-state index in [0.717, 1.165) is 12.8 Å². The van der Waals surface area contributed by atoms with Crippen molar-refractivity contribution < 1.29 is 9.53 Å². The van der Waals surface area contributed by atoms with Gasteiger partial charge in [0, 0.05) is 0 Å². The van der Waals surface area contributed by atoms with Gasteiger partial charge in [0.25, 0.3) is 0 Å². The molecule has 0 amide bonds. The Morgan fingerprint density at radius 1 is 0.727 bits per heavy atom. The topological polar surface area (TPSA) is 26.3 Å². The van der Waals surface area contributed by atoms with Crippen molar-refractivity contribution in [1.82, 2.24) is 0 Å². The molecule has 0 aliphatic rings. The largest absolute Gasteiger partial charge is 0.463 e. The van der Waals surface area contributed by atoms with Crippen LogP contribution < -0.4 is 0 Å². The highest BCUT2D eigenvalue weighted by atomic mass is 80.0. The van der Waals surface area contributed by atoms with Crippen molar-refractivity contribution in [3.05, 3.63) is 0 Å². The van der Waals surface area contributed by atoms with Crippen LogP contribution in [0.2, 0.25) is 0 Å². The number of unbranched alkanes of at least 4 members (excludes halogenated alkanes) is 12. The third-order valence-corrected chi connectivity index (χ3v) is 4.68. The molecule has 0 spiro atoms. The Morgan fingerprint density at radius 2 is 1.09 bits per heavy atom. The summed E-state index contributed by atoms with van der Waals surface area (Å²) >= 11 is 9.43. The molecule has 0 aromatic carbocycles. The maximum Gasteiger partial charge on any atom is 0.344 e. The molecule has 22 heavy (non-hydrogen) atoms. The number of carbonyl (C=O) groups excluding carboxylic acids is 1. The highest BCUT2D eigenvalue weighted by Gasteiger charge is 2.30. The number of halogens is 3. The summed E-state index contributed by atoms with van der Waals surface area (Å²) in [5, 5.41) is 0. The fourth-order valence-electron chi connectivity index (χ4n) is 2.37. The monoisotopic (exact) mass is 504 g/mol. The van der Waals surface area contributed by atoms with E-state index in [1.807, 2.05) is 0 Å². The standard InChI is InChI=1S/C17H31Br3O2/c1-2-3-4-5-6-7-8-9-10-11-12-13-14-15-22-16(21)17(18,19)20/h2-15H2,1H3. The van der Waals surface area contributed by atoms with Crippen molar-refractivity contribution >= 4 is 53.8 Å². The first-order valence-corrected chi connectivity index (χ1v) is 11.1. The number of carbonyl (C=O) groups is 1. The molecule has 0 atom stereocenters. The first-order valence-electron chi connectivity index (χ1n) is 8.72. The van der Waals surface area contributed by atoms with Crippen LogP contribution in [0.5, 0.6) is 0 Å². The van der Waals surface area contributed by atoms with Gasteiger partial charge in [-0.3, -0.25) is 0 Å². The molecule has 0 saturated heterocycles. The van der Waals surface area contributed by atoms with Gasteiger partial charge in [-0.2, -0.15) is 0 Å². The van der Waals surface area contributed by atoms with Crippen LogP contribution in [0.4, 0.5) is 0 Å². The minimum atomic E-state index is -0.927. The van der Waals surface area contributed by atoms with Crippen LogP contribution in [-0.4, -0.2) is 14.7 Å². The summed E-state index contributed by atoms with van der Waals surface area (Å²) in [4.78, 5) is 11.4. The van der Waals surface area contributed by atoms with Gasteiger partial charge in [-0.1, -0.05) is 84.0 Å². The Morgan fingerprint density at radius 3 is 1.45 bits per heavy atom. The fraction of sp³-hybridized carbons (Fsp3) is 0.941. The van der Waals surface area contributed by atoms with E-state index in [0.29, 0.717) is 6.61 Å². The normalized spacial score (nSPS) is 11.6. The summed E-state index contributed by atoms with van der Waals surface area (Å²) in [7, 11) is 0. The van der Waals surface area contributed by atoms with E-state index in [4.69, 9.17) is 4.74 Å². The van der Waals surface area contributed by atoms with Crippen LogP contribution in [0, 0.1) is 0 Å². The van der Waals surface area contributed by atoms with Crippen LogP contribution in [0.3, 0.4) is 0 Å². The average Bonchev–Trinajstić information content (AvgIpc) is 2.46. The molecular formula is C17H31Br3O2. The van der Waals surface area contributed by atoms with Crippen LogP contribution in [-0.2, 0) is 9.53 Å². The van der Waals surface area contributed by atoms with Crippen molar-refractivity contribution in [3.8, 4) is 0 Å². The maximum absolute atomic E-state index is 11.4. The number of hydrogen-bond acceptors (Lipinski definition) is 2. The van der Waals surface area contributed by atoms with E-state index < -0.39 is 2.14 Å². The van der Waals surface area contributed by atoms with Crippen molar-refractivity contribution in [2.45, 2.75) is 92.5 Å². The highest BCUT2D eigenvalue weighted by molar-refractivity contribution is 9.40. The SMILES string of the molecule is CCCCCCCCCCCCCCCOC(=O)C(Br)(Br)Br. The molecular weight excluding hydrogens is 476 g/mol. The average molecular weight is 507 g/mol. The Balaban J connectivity index is 3.13. The van der Waals surface area contributed by atoms with Crippen LogP contribution >= 0.6 is 47.8 Å². The van der Waals surface area contributed by atoms with Gasteiger partial charge in [-0.25, -0.2) is 4.79 Å². The molecule has 0 heterocycles. The predicted molar refractivity (Wildman–Crippen MR) is 106 cm³/mol. The Hall–Kier alpha value is 0.910. The zero-order valence-electron chi connectivity index (χ0n) is 13.8. The van der Waals surface area contributed by atoms with E-state index in [2.05, 4.69) is 54.7 Å². The molecule has 0 aliphatic carbocycles. The zero-order valence-corrected chi connectivity index (χ0v) is 18.6. The number of hydrogen-bond donors (Lipinski definition) is 0. The summed E-state index contributed by atoms with van der Waals surface area (Å²) in [6, 6.07) is 0. The molecule has 0 aromatic rings. The molecule has 5 heteroatoms. The van der Waals surface area contributed by atoms with Crippen LogP contribution in [0.1, 0.15) is 90.4 Å². The first-order chi connectivity index (χ1) is 10.5. The van der Waals surface area contributed by atoms with Gasteiger partial charge in [-0.05, 0) is 54.2 Å². The number of alkyl halides is 3. The molecule has 0 fully saturated rings. The van der Waals surface area contributed by atoms with Gasteiger partial charge in [0.15, 0.2) is 0 Å². The third-order valence-electron chi connectivity index (χ3n) is 3.71. The summed E-state index contributed by atoms with van der Waals surface area (Å²) in [6.45, 7) is 2.77. The maximum atomic E-state index is 11.4. The molecule has 2 nitrogen and oxygen atoms in total. The summed E-state index contributed by atoms with van der Waals surface area (Å²) < 4.78 is 4.20. The first kappa shape index (κ1) is 22.9. The fourth-order valence-corrected chi connectivity index (χ4v) is 2.71. The van der Waals surface area contributed by atoms with E-state index in [-0.39, 0.29) is 5.97 Å². The quantitative estimate of drug-likeness (QED) is 0.139. The summed E-state index contributed by atoms with van der Waals surface area (Å²) in [5.74, 6) is -0.327. The molecule has 0 N–H and O–H groups in total. The number of ether oxygens (including phenoxy) is 1. The number of rotatable bonds is 14. The Kier molecular flexibility index (Phi) is 16.1. The van der Waals surface area contributed by atoms with Crippen molar-refractivity contribution in [2.24, 2.45) is 0 Å². The van der Waals surface area contributed by atoms with Crippen molar-refractivity contribution in [2.75, 3.05) is 6.61 Å². The molecule has 0 rings (SSSR count). The van der Waals surface area contributed by atoms with E-state index in [9.17, 15) is 4.79 Å². The third kappa shape index (κ3) is 15.8. The molecule has 132 valence electrons. The number of esters is 1. The smallest absolute Gasteiger partial charge is 0.344 e. The Bertz CT molecular complexity index is 265. The Labute approximate surface area is 161 Å². The molecule has 0 saturated carbocycles. The van der Waals surface area contributed by atoms with Crippen molar-refractivity contribution in [3.63, 3.8) is 0 Å². The van der Waals surface area contributed by atoms with E-state index >= 15 is 0 Å². The second kappa shape index (κ2) is 15.4. The molecule has 0 bridgehead atoms. The van der Waals surface area contributed by atoms with E-state index in [1.165, 1.54) is 70.6 Å². The molecule has 0 aromatic heterocycles. The lowest BCUT2D eigenvalue weighted by Crippen LogP contribution is -2.20. The zero-order chi connectivity index (χ0) is 16.7. The van der Waals surface area contributed by atoms with Crippen LogP contribution in [0.15, 0.2) is 0 Å². The molecule has 0 radical (unpaired) electrons. The summed E-state index contributed by atoms with van der Waals surface area (Å²) in [5.41, 5.74) is 0. The second-order valence-corrected chi connectivity index (χ2v) is 12.6. The van der Waals surface area contributed by atoms with Gasteiger partial charge in [-0.15, -0.1) is 0 Å². The lowest BCUT2D eigenvalue weighted by atomic mass is 10.0. The molecule has 0 unspecified atom stereocenters. The van der Waals surface area contributed by atoms with Crippen LogP contribution in [0.25, 0.3) is 0 Å². The van der Waals surface area contributed by atoms with Gasteiger partial charge in [0.05, 0.1) is 6.61 Å². The highest BCUT2D eigenvalue weighted by Crippen LogP contribution is 2.34. The van der Waals surface area contributed by atoms with E-state index in [1.54, 1.807) is 0 Å². The predicted octanol–water partition coefficient (Wildman–Crippen LogP) is 7.46. The van der Waals surface area contributed by atoms with Gasteiger partial charge < -0.3 is 4.74 Å². The summed E-state index contributed by atoms with van der Waals surface area (Å²) in [6.07, 6.45) is 17.2. The van der Waals surface area contributed by atoms with Gasteiger partial charge >= 0.3 is 5.97 Å². The van der Waals surface area contributed by atoms with Gasteiger partial charge in [0.1, 0.15) is 0 Å². The molecule has 0 aliphatic heterocycles. The lowest BCUT2D eigenvalue weighted by Gasteiger charge is -2.11. The second-order valence-electron chi connectivity index (χ2n) is 5.88.